The van der Waals surface area contributed by atoms with E-state index >= 15 is 0 Å². The minimum absolute atomic E-state index is 0.104. The molecule has 1 saturated heterocycles. The standard InChI is InChI=1S/C11H19NO3/c13-11(14)10-3-1-2-9(10)8-12-4-6-15-7-5-12/h9-10H,1-8H2,(H,13,14)/t9-,10-/m1/s1. The largest absolute Gasteiger partial charge is 0.481 e. The lowest BCUT2D eigenvalue weighted by Crippen LogP contribution is -2.40. The van der Waals surface area contributed by atoms with Crippen molar-refractivity contribution in [2.24, 2.45) is 11.8 Å². The van der Waals surface area contributed by atoms with Gasteiger partial charge in [-0.05, 0) is 18.8 Å². The zero-order valence-corrected chi connectivity index (χ0v) is 9.02. The molecule has 2 fully saturated rings. The van der Waals surface area contributed by atoms with E-state index in [4.69, 9.17) is 9.84 Å². The second kappa shape index (κ2) is 4.94. The molecule has 0 aromatic heterocycles. The topological polar surface area (TPSA) is 49.8 Å². The van der Waals surface area contributed by atoms with Crippen LogP contribution in [0.15, 0.2) is 0 Å². The summed E-state index contributed by atoms with van der Waals surface area (Å²) in [5.74, 6) is -0.348. The molecule has 0 bridgehead atoms. The fourth-order valence-corrected chi connectivity index (χ4v) is 2.70. The van der Waals surface area contributed by atoms with E-state index in [0.29, 0.717) is 5.92 Å². The van der Waals surface area contributed by atoms with Crippen LogP contribution in [0, 0.1) is 11.8 Å². The van der Waals surface area contributed by atoms with Crippen LogP contribution >= 0.6 is 0 Å². The highest BCUT2D eigenvalue weighted by molar-refractivity contribution is 5.70. The number of rotatable bonds is 3. The first-order valence-corrected chi connectivity index (χ1v) is 5.80. The van der Waals surface area contributed by atoms with Gasteiger partial charge in [0.25, 0.3) is 0 Å². The average Bonchev–Trinajstić information content (AvgIpc) is 2.67. The van der Waals surface area contributed by atoms with E-state index in [2.05, 4.69) is 4.90 Å². The summed E-state index contributed by atoms with van der Waals surface area (Å²) in [5, 5.41) is 9.07. The summed E-state index contributed by atoms with van der Waals surface area (Å²) in [6.45, 7) is 4.46. The highest BCUT2D eigenvalue weighted by Crippen LogP contribution is 2.32. The van der Waals surface area contributed by atoms with Crippen LogP contribution in [0.1, 0.15) is 19.3 Å². The lowest BCUT2D eigenvalue weighted by molar-refractivity contribution is -0.143. The Balaban J connectivity index is 1.84. The van der Waals surface area contributed by atoms with Gasteiger partial charge in [-0.3, -0.25) is 9.69 Å². The molecule has 4 heteroatoms. The van der Waals surface area contributed by atoms with E-state index in [1.165, 1.54) is 0 Å². The number of carbonyl (C=O) groups is 1. The number of hydrogen-bond donors (Lipinski definition) is 1. The average molecular weight is 213 g/mol. The Bertz CT molecular complexity index is 226. The maximum Gasteiger partial charge on any atom is 0.306 e. The van der Waals surface area contributed by atoms with Crippen LogP contribution in [-0.2, 0) is 9.53 Å². The molecule has 2 atom stereocenters. The first kappa shape index (κ1) is 10.9. The number of carboxylic acid groups (broad SMARTS) is 1. The van der Waals surface area contributed by atoms with E-state index in [1.54, 1.807) is 0 Å². The molecule has 4 nitrogen and oxygen atoms in total. The van der Waals surface area contributed by atoms with Crippen LogP contribution in [0.4, 0.5) is 0 Å². The Morgan fingerprint density at radius 2 is 2.07 bits per heavy atom. The van der Waals surface area contributed by atoms with Crippen molar-refractivity contribution in [3.05, 3.63) is 0 Å². The van der Waals surface area contributed by atoms with E-state index in [1.807, 2.05) is 0 Å². The summed E-state index contributed by atoms with van der Waals surface area (Å²) >= 11 is 0. The van der Waals surface area contributed by atoms with E-state index in [0.717, 1.165) is 52.1 Å². The van der Waals surface area contributed by atoms with Gasteiger partial charge in [-0.15, -0.1) is 0 Å². The van der Waals surface area contributed by atoms with Gasteiger partial charge in [-0.25, -0.2) is 0 Å². The van der Waals surface area contributed by atoms with Gasteiger partial charge in [0, 0.05) is 19.6 Å². The molecule has 0 radical (unpaired) electrons. The molecule has 0 aromatic carbocycles. The Labute approximate surface area is 90.2 Å². The third kappa shape index (κ3) is 2.69. The van der Waals surface area contributed by atoms with Crippen molar-refractivity contribution < 1.29 is 14.6 Å². The van der Waals surface area contributed by atoms with E-state index in [-0.39, 0.29) is 5.92 Å². The van der Waals surface area contributed by atoms with Gasteiger partial charge in [-0.2, -0.15) is 0 Å². The highest BCUT2D eigenvalue weighted by Gasteiger charge is 2.33. The van der Waals surface area contributed by atoms with Crippen molar-refractivity contribution in [2.75, 3.05) is 32.8 Å². The number of hydrogen-bond acceptors (Lipinski definition) is 3. The number of morpholine rings is 1. The van der Waals surface area contributed by atoms with Crippen molar-refractivity contribution in [1.82, 2.24) is 4.90 Å². The molecular weight excluding hydrogens is 194 g/mol. The van der Waals surface area contributed by atoms with Crippen LogP contribution in [0.25, 0.3) is 0 Å². The van der Waals surface area contributed by atoms with Gasteiger partial charge in [0.15, 0.2) is 0 Å². The van der Waals surface area contributed by atoms with Crippen LogP contribution in [0.3, 0.4) is 0 Å². The summed E-state index contributed by atoms with van der Waals surface area (Å²) in [6, 6.07) is 0. The predicted octanol–water partition coefficient (Wildman–Crippen LogP) is 0.820. The Morgan fingerprint density at radius 3 is 2.73 bits per heavy atom. The minimum atomic E-state index is -0.606. The van der Waals surface area contributed by atoms with Gasteiger partial charge in [0.2, 0.25) is 0 Å². The summed E-state index contributed by atoms with van der Waals surface area (Å²) in [4.78, 5) is 13.4. The monoisotopic (exact) mass is 213 g/mol. The summed E-state index contributed by atoms with van der Waals surface area (Å²) in [6.07, 6.45) is 3.02. The summed E-state index contributed by atoms with van der Waals surface area (Å²) in [7, 11) is 0. The maximum absolute atomic E-state index is 11.0. The summed E-state index contributed by atoms with van der Waals surface area (Å²) < 4.78 is 5.28. The minimum Gasteiger partial charge on any atom is -0.481 e. The number of nitrogens with zero attached hydrogens (tertiary/aromatic N) is 1. The number of aliphatic carboxylic acids is 1. The third-order valence-electron chi connectivity index (χ3n) is 3.57. The lowest BCUT2D eigenvalue weighted by Gasteiger charge is -2.30. The molecule has 1 heterocycles. The van der Waals surface area contributed by atoms with Crippen molar-refractivity contribution >= 4 is 5.97 Å². The molecule has 0 spiro atoms. The second-order valence-corrected chi connectivity index (χ2v) is 4.55. The van der Waals surface area contributed by atoms with E-state index in [9.17, 15) is 4.79 Å². The molecule has 0 aromatic rings. The highest BCUT2D eigenvalue weighted by atomic mass is 16.5. The number of ether oxygens (including phenoxy) is 1. The van der Waals surface area contributed by atoms with Gasteiger partial charge < -0.3 is 9.84 Å². The third-order valence-corrected chi connectivity index (χ3v) is 3.57. The molecule has 1 saturated carbocycles. The van der Waals surface area contributed by atoms with Gasteiger partial charge in [-0.1, -0.05) is 6.42 Å². The molecule has 2 rings (SSSR count). The predicted molar refractivity (Wildman–Crippen MR) is 55.7 cm³/mol. The van der Waals surface area contributed by atoms with Gasteiger partial charge in [0.1, 0.15) is 0 Å². The molecule has 15 heavy (non-hydrogen) atoms. The van der Waals surface area contributed by atoms with Crippen molar-refractivity contribution in [3.8, 4) is 0 Å². The second-order valence-electron chi connectivity index (χ2n) is 4.55. The molecule has 2 aliphatic rings. The van der Waals surface area contributed by atoms with Crippen LogP contribution in [0.2, 0.25) is 0 Å². The van der Waals surface area contributed by atoms with Crippen molar-refractivity contribution in [2.45, 2.75) is 19.3 Å². The SMILES string of the molecule is O=C(O)[C@@H]1CCC[C@@H]1CN1CCOCC1. The first-order valence-electron chi connectivity index (χ1n) is 5.80. The zero-order valence-electron chi connectivity index (χ0n) is 9.02. The lowest BCUT2D eigenvalue weighted by atomic mass is 9.95. The van der Waals surface area contributed by atoms with Crippen LogP contribution < -0.4 is 0 Å². The fourth-order valence-electron chi connectivity index (χ4n) is 2.70. The molecule has 86 valence electrons. The molecule has 0 unspecified atom stereocenters. The van der Waals surface area contributed by atoms with Crippen LogP contribution in [-0.4, -0.2) is 48.8 Å². The molecule has 1 aliphatic carbocycles. The molecule has 1 N–H and O–H groups in total. The normalized spacial score (nSPS) is 33.1. The zero-order chi connectivity index (χ0) is 10.7. The maximum atomic E-state index is 11.0. The molecule has 0 amide bonds. The molecular formula is C11H19NO3. The van der Waals surface area contributed by atoms with Gasteiger partial charge >= 0.3 is 5.97 Å². The van der Waals surface area contributed by atoms with Crippen molar-refractivity contribution in [1.29, 1.82) is 0 Å². The molecule has 1 aliphatic heterocycles. The Kier molecular flexibility index (Phi) is 3.59. The first-order chi connectivity index (χ1) is 7.27. The van der Waals surface area contributed by atoms with Crippen molar-refractivity contribution in [3.63, 3.8) is 0 Å². The smallest absolute Gasteiger partial charge is 0.306 e. The quantitative estimate of drug-likeness (QED) is 0.754. The summed E-state index contributed by atoms with van der Waals surface area (Å²) in [5.41, 5.74) is 0. The number of carboxylic acids is 1. The van der Waals surface area contributed by atoms with Crippen LogP contribution in [0.5, 0.6) is 0 Å². The van der Waals surface area contributed by atoms with Gasteiger partial charge in [0.05, 0.1) is 19.1 Å². The Hall–Kier alpha value is -0.610. The van der Waals surface area contributed by atoms with E-state index < -0.39 is 5.97 Å². The fraction of sp³-hybridized carbons (Fsp3) is 0.909. The Morgan fingerprint density at radius 1 is 1.33 bits per heavy atom.